The number of benzene rings is 1. The van der Waals surface area contributed by atoms with Gasteiger partial charge >= 0.3 is 12.2 Å². The summed E-state index contributed by atoms with van der Waals surface area (Å²) in [5.74, 6) is -0.656. The van der Waals surface area contributed by atoms with Gasteiger partial charge in [0.1, 0.15) is 23.8 Å². The SMILES string of the molecule is Cc1cc(N)nc(-c2c(Cl)c3c4c(nc(OCC56CCCN5CCC6)nc4c2F)N2CCNCC2CC3)c1C(F)(F)F. The Morgan fingerprint density at radius 3 is 2.67 bits per heavy atom. The number of fused-ring (bicyclic) bond motifs is 3. The number of halogens is 5. The minimum Gasteiger partial charge on any atom is -0.461 e. The van der Waals surface area contributed by atoms with Crippen LogP contribution in [0, 0.1) is 12.7 Å². The van der Waals surface area contributed by atoms with Crippen LogP contribution in [-0.4, -0.2) is 70.8 Å². The number of aromatic nitrogens is 3. The van der Waals surface area contributed by atoms with Crippen LogP contribution in [0.25, 0.3) is 22.2 Å². The van der Waals surface area contributed by atoms with Crippen molar-refractivity contribution >= 4 is 34.1 Å². The van der Waals surface area contributed by atoms with Crippen LogP contribution >= 0.6 is 11.6 Å². The first kappa shape index (κ1) is 27.8. The average Bonchev–Trinajstić information content (AvgIpc) is 3.46. The maximum atomic E-state index is 16.7. The molecular formula is C29H32ClF4N7O. The molecule has 42 heavy (non-hydrogen) atoms. The summed E-state index contributed by atoms with van der Waals surface area (Å²) >= 11 is 6.86. The van der Waals surface area contributed by atoms with Crippen molar-refractivity contribution in [2.45, 2.75) is 63.2 Å². The third-order valence-corrected chi connectivity index (χ3v) is 9.89. The average molecular weight is 606 g/mol. The van der Waals surface area contributed by atoms with Gasteiger partial charge in [-0.2, -0.15) is 23.1 Å². The summed E-state index contributed by atoms with van der Waals surface area (Å²) < 4.78 is 66.0. The molecule has 3 aromatic rings. The third kappa shape index (κ3) is 4.36. The highest BCUT2D eigenvalue weighted by atomic mass is 35.5. The Bertz CT molecular complexity index is 1570. The van der Waals surface area contributed by atoms with Crippen LogP contribution < -0.4 is 20.7 Å². The van der Waals surface area contributed by atoms with Gasteiger partial charge in [-0.3, -0.25) is 4.90 Å². The smallest absolute Gasteiger partial charge is 0.418 e. The Morgan fingerprint density at radius 2 is 1.93 bits per heavy atom. The molecule has 0 aliphatic carbocycles. The number of ether oxygens (including phenoxy) is 1. The van der Waals surface area contributed by atoms with Gasteiger partial charge in [-0.1, -0.05) is 11.6 Å². The molecule has 3 fully saturated rings. The highest BCUT2D eigenvalue weighted by Crippen LogP contribution is 2.48. The van der Waals surface area contributed by atoms with Gasteiger partial charge in [0.15, 0.2) is 5.82 Å². The molecule has 4 aliphatic rings. The number of nitrogens with zero attached hydrogens (tertiary/aromatic N) is 5. The molecule has 2 aromatic heterocycles. The maximum Gasteiger partial charge on any atom is 0.418 e. The number of alkyl halides is 3. The van der Waals surface area contributed by atoms with E-state index in [0.717, 1.165) is 44.8 Å². The summed E-state index contributed by atoms with van der Waals surface area (Å²) in [5, 5.41) is 3.68. The molecule has 3 saturated heterocycles. The van der Waals surface area contributed by atoms with Gasteiger partial charge in [0.25, 0.3) is 0 Å². The fraction of sp³-hybridized carbons (Fsp3) is 0.552. The van der Waals surface area contributed by atoms with Crippen molar-refractivity contribution in [3.63, 3.8) is 0 Å². The predicted octanol–water partition coefficient (Wildman–Crippen LogP) is 5.13. The van der Waals surface area contributed by atoms with E-state index >= 15 is 4.39 Å². The first-order valence-corrected chi connectivity index (χ1v) is 14.9. The van der Waals surface area contributed by atoms with E-state index in [2.05, 4.69) is 25.1 Å². The molecule has 4 aliphatic heterocycles. The van der Waals surface area contributed by atoms with Crippen LogP contribution in [0.2, 0.25) is 5.02 Å². The van der Waals surface area contributed by atoms with Gasteiger partial charge in [0.05, 0.1) is 32.8 Å². The Labute approximate surface area is 245 Å². The molecule has 7 rings (SSSR count). The molecule has 3 N–H and O–H groups in total. The monoisotopic (exact) mass is 605 g/mol. The summed E-state index contributed by atoms with van der Waals surface area (Å²) in [6, 6.07) is 1.17. The normalized spacial score (nSPS) is 21.9. The van der Waals surface area contributed by atoms with Crippen molar-refractivity contribution in [3.8, 4) is 17.3 Å². The largest absolute Gasteiger partial charge is 0.461 e. The zero-order chi connectivity index (χ0) is 29.4. The van der Waals surface area contributed by atoms with E-state index in [1.54, 1.807) is 0 Å². The van der Waals surface area contributed by atoms with Crippen molar-refractivity contribution in [2.75, 3.05) is 50.0 Å². The standard InChI is InChI=1S/C29H32ClF4N7O/c1-15-12-18(35)37-24(21(15)29(32,33)34)20-22(30)17-5-4-16-13-36-8-11-41(16)26-19(17)25(23(20)31)38-27(39-26)42-14-28-6-2-9-40(28)10-3-7-28/h12,16,36H,2-11,13-14H2,1H3,(H2,35,37). The molecule has 1 unspecified atom stereocenters. The number of hydrogen-bond acceptors (Lipinski definition) is 8. The quantitative estimate of drug-likeness (QED) is 0.396. The highest BCUT2D eigenvalue weighted by Gasteiger charge is 2.45. The van der Waals surface area contributed by atoms with Crippen molar-refractivity contribution in [1.82, 2.24) is 25.2 Å². The number of pyridine rings is 1. The number of rotatable bonds is 4. The van der Waals surface area contributed by atoms with Crippen LogP contribution in [-0.2, 0) is 12.6 Å². The molecule has 6 heterocycles. The van der Waals surface area contributed by atoms with E-state index < -0.39 is 28.8 Å². The summed E-state index contributed by atoms with van der Waals surface area (Å²) in [6.07, 6.45) is 0.422. The predicted molar refractivity (Wildman–Crippen MR) is 152 cm³/mol. The third-order valence-electron chi connectivity index (χ3n) is 9.47. The number of piperazine rings is 1. The van der Waals surface area contributed by atoms with Crippen LogP contribution in [0.15, 0.2) is 6.07 Å². The van der Waals surface area contributed by atoms with Crippen LogP contribution in [0.5, 0.6) is 6.01 Å². The molecule has 0 bridgehead atoms. The second-order valence-corrected chi connectivity index (χ2v) is 12.3. The number of hydrogen-bond donors (Lipinski definition) is 2. The molecule has 0 amide bonds. The van der Waals surface area contributed by atoms with Crippen LogP contribution in [0.3, 0.4) is 0 Å². The number of nitrogen functional groups attached to an aromatic ring is 1. The lowest BCUT2D eigenvalue weighted by molar-refractivity contribution is -0.137. The lowest BCUT2D eigenvalue weighted by Crippen LogP contribution is -2.51. The molecule has 224 valence electrons. The molecule has 0 spiro atoms. The van der Waals surface area contributed by atoms with E-state index in [0.29, 0.717) is 55.9 Å². The molecule has 1 aromatic carbocycles. The molecule has 0 radical (unpaired) electrons. The second kappa shape index (κ2) is 10.1. The minimum absolute atomic E-state index is 0.00990. The zero-order valence-electron chi connectivity index (χ0n) is 23.3. The fourth-order valence-corrected chi connectivity index (χ4v) is 7.92. The van der Waals surface area contributed by atoms with Gasteiger partial charge in [0, 0.05) is 25.7 Å². The molecule has 1 atom stereocenters. The lowest BCUT2D eigenvalue weighted by atomic mass is 9.94. The summed E-state index contributed by atoms with van der Waals surface area (Å²) in [6.45, 7) is 5.70. The summed E-state index contributed by atoms with van der Waals surface area (Å²) in [4.78, 5) is 17.9. The van der Waals surface area contributed by atoms with E-state index in [1.807, 2.05) is 0 Å². The number of nitrogens with two attached hydrogens (primary N) is 1. The first-order valence-electron chi connectivity index (χ1n) is 14.5. The van der Waals surface area contributed by atoms with Crippen molar-refractivity contribution in [3.05, 3.63) is 33.6 Å². The van der Waals surface area contributed by atoms with Crippen molar-refractivity contribution < 1.29 is 22.3 Å². The Kier molecular flexibility index (Phi) is 6.67. The number of aryl methyl sites for hydroxylation is 2. The van der Waals surface area contributed by atoms with Crippen molar-refractivity contribution in [2.24, 2.45) is 0 Å². The molecule has 13 heteroatoms. The van der Waals surface area contributed by atoms with Gasteiger partial charge in [0.2, 0.25) is 0 Å². The minimum atomic E-state index is -4.82. The van der Waals surface area contributed by atoms with Gasteiger partial charge in [-0.05, 0) is 75.7 Å². The number of anilines is 2. The fourth-order valence-electron chi connectivity index (χ4n) is 7.56. The van der Waals surface area contributed by atoms with Gasteiger partial charge in [-0.15, -0.1) is 0 Å². The summed E-state index contributed by atoms with van der Waals surface area (Å²) in [7, 11) is 0. The van der Waals surface area contributed by atoms with E-state index in [4.69, 9.17) is 27.1 Å². The molecule has 0 saturated carbocycles. The van der Waals surface area contributed by atoms with E-state index in [9.17, 15) is 13.2 Å². The molecule has 8 nitrogen and oxygen atoms in total. The second-order valence-electron chi connectivity index (χ2n) is 11.9. The van der Waals surface area contributed by atoms with E-state index in [-0.39, 0.29) is 39.5 Å². The maximum absolute atomic E-state index is 16.7. The highest BCUT2D eigenvalue weighted by molar-refractivity contribution is 6.35. The Morgan fingerprint density at radius 1 is 1.17 bits per heavy atom. The Hall–Kier alpha value is -2.96. The van der Waals surface area contributed by atoms with Crippen LogP contribution in [0.4, 0.5) is 29.2 Å². The zero-order valence-corrected chi connectivity index (χ0v) is 24.0. The topological polar surface area (TPSA) is 92.4 Å². The summed E-state index contributed by atoms with van der Waals surface area (Å²) in [5.41, 5.74) is 3.84. The van der Waals surface area contributed by atoms with Gasteiger partial charge < -0.3 is 20.7 Å². The lowest BCUT2D eigenvalue weighted by Gasteiger charge is -2.36. The van der Waals surface area contributed by atoms with Crippen LogP contribution in [0.1, 0.15) is 48.8 Å². The van der Waals surface area contributed by atoms with Crippen molar-refractivity contribution in [1.29, 1.82) is 0 Å². The number of nitrogens with one attached hydrogen (secondary N) is 1. The first-order chi connectivity index (χ1) is 20.1. The Balaban J connectivity index is 1.45. The van der Waals surface area contributed by atoms with E-state index in [1.165, 1.54) is 6.92 Å². The van der Waals surface area contributed by atoms with Gasteiger partial charge in [-0.25, -0.2) is 9.37 Å². The molecular weight excluding hydrogens is 574 g/mol.